The van der Waals surface area contributed by atoms with Crippen molar-refractivity contribution in [1.82, 2.24) is 30.1 Å². The Kier molecular flexibility index (Phi) is 4.85. The molecule has 0 saturated carbocycles. The molecule has 0 spiro atoms. The van der Waals surface area contributed by atoms with Gasteiger partial charge in [0.05, 0.1) is 10.7 Å². The SMILES string of the molecule is CN(C)CCNC(=O)c1nc(Cn2cc(Br)cn2)no1. The molecule has 9 heteroatoms. The lowest BCUT2D eigenvalue weighted by molar-refractivity contribution is 0.0907. The minimum Gasteiger partial charge on any atom is -0.347 e. The number of halogens is 1. The van der Waals surface area contributed by atoms with Gasteiger partial charge < -0.3 is 14.7 Å². The molecule has 0 fully saturated rings. The van der Waals surface area contributed by atoms with Crippen LogP contribution in [0, 0.1) is 0 Å². The molecular formula is C11H15BrN6O2. The lowest BCUT2D eigenvalue weighted by Crippen LogP contribution is -2.31. The fourth-order valence-corrected chi connectivity index (χ4v) is 1.78. The molecule has 0 atom stereocenters. The molecule has 1 N–H and O–H groups in total. The van der Waals surface area contributed by atoms with Crippen molar-refractivity contribution in [3.05, 3.63) is 28.6 Å². The van der Waals surface area contributed by atoms with E-state index >= 15 is 0 Å². The maximum absolute atomic E-state index is 11.7. The van der Waals surface area contributed by atoms with E-state index in [2.05, 4.69) is 36.5 Å². The normalized spacial score (nSPS) is 11.0. The van der Waals surface area contributed by atoms with E-state index in [-0.39, 0.29) is 11.8 Å². The number of aromatic nitrogens is 4. The summed E-state index contributed by atoms with van der Waals surface area (Å²) in [4.78, 5) is 17.7. The average Bonchev–Trinajstić information content (AvgIpc) is 2.99. The fourth-order valence-electron chi connectivity index (χ4n) is 1.45. The Morgan fingerprint density at radius 1 is 1.55 bits per heavy atom. The maximum Gasteiger partial charge on any atom is 0.316 e. The molecule has 0 aliphatic rings. The molecule has 0 aliphatic heterocycles. The standard InChI is InChI=1S/C11H15BrN6O2/c1-17(2)4-3-13-10(19)11-15-9(16-20-11)7-18-6-8(12)5-14-18/h5-6H,3-4,7H2,1-2H3,(H,13,19). The number of carbonyl (C=O) groups is 1. The highest BCUT2D eigenvalue weighted by atomic mass is 79.9. The molecule has 20 heavy (non-hydrogen) atoms. The zero-order valence-corrected chi connectivity index (χ0v) is 12.8. The van der Waals surface area contributed by atoms with Crippen LogP contribution in [0.5, 0.6) is 0 Å². The zero-order valence-electron chi connectivity index (χ0n) is 11.2. The Balaban J connectivity index is 1.89. The third-order valence-electron chi connectivity index (χ3n) is 2.41. The van der Waals surface area contributed by atoms with Gasteiger partial charge in [-0.2, -0.15) is 10.1 Å². The largest absolute Gasteiger partial charge is 0.347 e. The summed E-state index contributed by atoms with van der Waals surface area (Å²) in [6.45, 7) is 1.61. The minimum atomic E-state index is -0.368. The van der Waals surface area contributed by atoms with Gasteiger partial charge in [0.25, 0.3) is 0 Å². The van der Waals surface area contributed by atoms with E-state index in [1.54, 1.807) is 17.1 Å². The molecule has 108 valence electrons. The van der Waals surface area contributed by atoms with E-state index in [0.29, 0.717) is 18.9 Å². The molecule has 2 aromatic rings. The number of rotatable bonds is 6. The third-order valence-corrected chi connectivity index (χ3v) is 2.82. The van der Waals surface area contributed by atoms with E-state index < -0.39 is 0 Å². The van der Waals surface area contributed by atoms with Gasteiger partial charge in [0, 0.05) is 19.3 Å². The summed E-state index contributed by atoms with van der Waals surface area (Å²) in [7, 11) is 3.86. The third kappa shape index (κ3) is 4.14. The van der Waals surface area contributed by atoms with Gasteiger partial charge >= 0.3 is 11.8 Å². The van der Waals surface area contributed by atoms with Crippen molar-refractivity contribution in [3.63, 3.8) is 0 Å². The summed E-state index contributed by atoms with van der Waals surface area (Å²) in [5.74, 6) is -0.00409. The van der Waals surface area contributed by atoms with Crippen LogP contribution in [0.25, 0.3) is 0 Å². The monoisotopic (exact) mass is 342 g/mol. The topological polar surface area (TPSA) is 89.1 Å². The molecule has 0 radical (unpaired) electrons. The van der Waals surface area contributed by atoms with Crippen molar-refractivity contribution < 1.29 is 9.32 Å². The van der Waals surface area contributed by atoms with Crippen LogP contribution in [-0.2, 0) is 6.54 Å². The molecule has 2 rings (SSSR count). The van der Waals surface area contributed by atoms with Gasteiger partial charge in [0.2, 0.25) is 0 Å². The van der Waals surface area contributed by atoms with Crippen LogP contribution in [0.2, 0.25) is 0 Å². The summed E-state index contributed by atoms with van der Waals surface area (Å²) in [6.07, 6.45) is 3.45. The molecule has 0 unspecified atom stereocenters. The maximum atomic E-state index is 11.7. The minimum absolute atomic E-state index is 0.0371. The lowest BCUT2D eigenvalue weighted by Gasteiger charge is -2.08. The number of amides is 1. The molecule has 1 amide bonds. The van der Waals surface area contributed by atoms with Crippen molar-refractivity contribution in [2.45, 2.75) is 6.54 Å². The predicted octanol–water partition coefficient (Wildman–Crippen LogP) is 0.368. The van der Waals surface area contributed by atoms with Crippen LogP contribution >= 0.6 is 15.9 Å². The molecule has 2 heterocycles. The van der Waals surface area contributed by atoms with Crippen LogP contribution in [0.15, 0.2) is 21.4 Å². The van der Waals surface area contributed by atoms with Crippen LogP contribution in [0.1, 0.15) is 16.5 Å². The molecule has 0 aliphatic carbocycles. The van der Waals surface area contributed by atoms with Crippen molar-refractivity contribution in [1.29, 1.82) is 0 Å². The Labute approximate surface area is 124 Å². The van der Waals surface area contributed by atoms with Crippen LogP contribution in [0.3, 0.4) is 0 Å². The van der Waals surface area contributed by atoms with Gasteiger partial charge in [0.1, 0.15) is 6.54 Å². The Morgan fingerprint density at radius 3 is 3.00 bits per heavy atom. The second-order valence-corrected chi connectivity index (χ2v) is 5.35. The van der Waals surface area contributed by atoms with Crippen molar-refractivity contribution in [2.24, 2.45) is 0 Å². The predicted molar refractivity (Wildman–Crippen MR) is 74.2 cm³/mol. The second kappa shape index (κ2) is 6.62. The van der Waals surface area contributed by atoms with Crippen molar-refractivity contribution in [2.75, 3.05) is 27.2 Å². The van der Waals surface area contributed by atoms with Gasteiger partial charge in [0.15, 0.2) is 5.82 Å². The molecular weight excluding hydrogens is 328 g/mol. The second-order valence-electron chi connectivity index (χ2n) is 4.43. The van der Waals surface area contributed by atoms with E-state index in [4.69, 9.17) is 4.52 Å². The van der Waals surface area contributed by atoms with E-state index in [1.807, 2.05) is 19.0 Å². The highest BCUT2D eigenvalue weighted by molar-refractivity contribution is 9.10. The summed E-state index contributed by atoms with van der Waals surface area (Å²) < 4.78 is 7.43. The summed E-state index contributed by atoms with van der Waals surface area (Å²) in [6, 6.07) is 0. The van der Waals surface area contributed by atoms with Gasteiger partial charge in [-0.15, -0.1) is 0 Å². The summed E-state index contributed by atoms with van der Waals surface area (Å²) in [5.41, 5.74) is 0. The number of hydrogen-bond acceptors (Lipinski definition) is 6. The number of carbonyl (C=O) groups excluding carboxylic acids is 1. The summed E-state index contributed by atoms with van der Waals surface area (Å²) in [5, 5.41) is 10.5. The lowest BCUT2D eigenvalue weighted by atomic mass is 10.5. The molecule has 0 bridgehead atoms. The Morgan fingerprint density at radius 2 is 2.35 bits per heavy atom. The first-order chi connectivity index (χ1) is 9.54. The van der Waals surface area contributed by atoms with Crippen LogP contribution < -0.4 is 5.32 Å². The highest BCUT2D eigenvalue weighted by Gasteiger charge is 2.15. The highest BCUT2D eigenvalue weighted by Crippen LogP contribution is 2.07. The molecule has 0 aromatic carbocycles. The number of likely N-dealkylation sites (N-methyl/N-ethyl adjacent to an activating group) is 1. The number of nitrogens with zero attached hydrogens (tertiary/aromatic N) is 5. The number of nitrogens with one attached hydrogen (secondary N) is 1. The number of hydrogen-bond donors (Lipinski definition) is 1. The fraction of sp³-hybridized carbons (Fsp3) is 0.455. The molecule has 0 saturated heterocycles. The molecule has 8 nitrogen and oxygen atoms in total. The van der Waals surface area contributed by atoms with Crippen molar-refractivity contribution >= 4 is 21.8 Å². The van der Waals surface area contributed by atoms with Crippen LogP contribution in [-0.4, -0.2) is 57.9 Å². The van der Waals surface area contributed by atoms with Gasteiger partial charge in [-0.1, -0.05) is 5.16 Å². The van der Waals surface area contributed by atoms with Crippen LogP contribution in [0.4, 0.5) is 0 Å². The average molecular weight is 343 g/mol. The van der Waals surface area contributed by atoms with Gasteiger partial charge in [-0.05, 0) is 30.0 Å². The first kappa shape index (κ1) is 14.7. The zero-order chi connectivity index (χ0) is 14.5. The first-order valence-electron chi connectivity index (χ1n) is 5.98. The Hall–Kier alpha value is -1.74. The van der Waals surface area contributed by atoms with Gasteiger partial charge in [-0.3, -0.25) is 9.48 Å². The quantitative estimate of drug-likeness (QED) is 0.815. The smallest absolute Gasteiger partial charge is 0.316 e. The van der Waals surface area contributed by atoms with E-state index in [0.717, 1.165) is 11.0 Å². The van der Waals surface area contributed by atoms with E-state index in [9.17, 15) is 4.79 Å². The summed E-state index contributed by atoms with van der Waals surface area (Å²) >= 11 is 3.30. The van der Waals surface area contributed by atoms with E-state index in [1.165, 1.54) is 0 Å². The van der Waals surface area contributed by atoms with Gasteiger partial charge in [-0.25, -0.2) is 0 Å². The molecule has 2 aromatic heterocycles. The van der Waals surface area contributed by atoms with Crippen molar-refractivity contribution in [3.8, 4) is 0 Å². The first-order valence-corrected chi connectivity index (χ1v) is 6.77. The Bertz CT molecular complexity index is 579.